The maximum Gasteiger partial charge on any atom is 0.0955 e. The number of aromatic nitrogens is 1. The Hall–Kier alpha value is -0.970. The average Bonchev–Trinajstić information content (AvgIpc) is 2.81. The third-order valence-electron chi connectivity index (χ3n) is 2.92. The summed E-state index contributed by atoms with van der Waals surface area (Å²) in [6, 6.07) is 8.67. The van der Waals surface area contributed by atoms with Gasteiger partial charge in [0, 0.05) is 19.1 Å². The average molecular weight is 278 g/mol. The van der Waals surface area contributed by atoms with Crippen molar-refractivity contribution in [3.8, 4) is 0 Å². The van der Waals surface area contributed by atoms with Crippen molar-refractivity contribution in [2.24, 2.45) is 0 Å². The van der Waals surface area contributed by atoms with Crippen LogP contribution in [0.25, 0.3) is 10.2 Å². The van der Waals surface area contributed by atoms with Crippen molar-refractivity contribution < 1.29 is 4.74 Å². The minimum atomic E-state index is 0.358. The van der Waals surface area contributed by atoms with E-state index in [9.17, 15) is 0 Å². The zero-order chi connectivity index (χ0) is 13.5. The highest BCUT2D eigenvalue weighted by Crippen LogP contribution is 2.22. The zero-order valence-corrected chi connectivity index (χ0v) is 12.5. The lowest BCUT2D eigenvalue weighted by Gasteiger charge is -2.16. The number of fused-ring (bicyclic) bond motifs is 1. The lowest BCUT2D eigenvalue weighted by molar-refractivity contribution is 0.112. The van der Waals surface area contributed by atoms with E-state index in [0.29, 0.717) is 6.04 Å². The molecule has 1 atom stereocenters. The molecule has 2 aromatic rings. The fourth-order valence-corrected chi connectivity index (χ4v) is 3.11. The highest BCUT2D eigenvalue weighted by Gasteiger charge is 2.12. The van der Waals surface area contributed by atoms with Gasteiger partial charge in [0.05, 0.1) is 21.8 Å². The first kappa shape index (κ1) is 14.4. The lowest BCUT2D eigenvalue weighted by Crippen LogP contribution is -2.35. The molecule has 19 heavy (non-hydrogen) atoms. The molecule has 0 spiro atoms. The van der Waals surface area contributed by atoms with Crippen LogP contribution >= 0.6 is 11.3 Å². The first-order chi connectivity index (χ1) is 9.33. The molecule has 0 aliphatic rings. The second-order valence-electron chi connectivity index (χ2n) is 4.61. The van der Waals surface area contributed by atoms with Crippen molar-refractivity contribution in [3.63, 3.8) is 0 Å². The molecule has 0 radical (unpaired) electrons. The number of likely N-dealkylation sites (N-methyl/N-ethyl adjacent to an activating group) is 1. The van der Waals surface area contributed by atoms with Crippen LogP contribution in [0.5, 0.6) is 0 Å². The van der Waals surface area contributed by atoms with Crippen LogP contribution in [0.2, 0.25) is 0 Å². The van der Waals surface area contributed by atoms with Crippen molar-refractivity contribution in [1.29, 1.82) is 0 Å². The molecule has 3 nitrogen and oxygen atoms in total. The molecule has 1 aromatic heterocycles. The van der Waals surface area contributed by atoms with Crippen LogP contribution in [0, 0.1) is 0 Å². The summed E-state index contributed by atoms with van der Waals surface area (Å²) >= 11 is 1.78. The summed E-state index contributed by atoms with van der Waals surface area (Å²) < 4.78 is 6.92. The van der Waals surface area contributed by atoms with E-state index in [-0.39, 0.29) is 0 Å². The number of para-hydroxylation sites is 1. The van der Waals surface area contributed by atoms with Gasteiger partial charge in [-0.3, -0.25) is 0 Å². The second-order valence-corrected chi connectivity index (χ2v) is 5.72. The summed E-state index contributed by atoms with van der Waals surface area (Å²) in [6.07, 6.45) is 2.01. The van der Waals surface area contributed by atoms with Crippen molar-refractivity contribution in [2.45, 2.75) is 32.7 Å². The third-order valence-corrected chi connectivity index (χ3v) is 3.98. The first-order valence-corrected chi connectivity index (χ1v) is 7.80. The Labute approximate surface area is 119 Å². The molecule has 4 heteroatoms. The molecule has 1 unspecified atom stereocenters. The van der Waals surface area contributed by atoms with Crippen LogP contribution in [0.15, 0.2) is 24.3 Å². The van der Waals surface area contributed by atoms with Crippen LogP contribution in [0.3, 0.4) is 0 Å². The second kappa shape index (κ2) is 7.58. The van der Waals surface area contributed by atoms with Gasteiger partial charge >= 0.3 is 0 Å². The van der Waals surface area contributed by atoms with E-state index < -0.39 is 0 Å². The maximum atomic E-state index is 5.66. The number of ether oxygens (including phenoxy) is 1. The maximum absolute atomic E-state index is 5.66. The summed E-state index contributed by atoms with van der Waals surface area (Å²) in [4.78, 5) is 4.69. The number of hydrogen-bond acceptors (Lipinski definition) is 4. The van der Waals surface area contributed by atoms with Crippen LogP contribution in [0.1, 0.15) is 25.3 Å². The lowest BCUT2D eigenvalue weighted by atomic mass is 10.2. The molecule has 0 amide bonds. The Morgan fingerprint density at radius 2 is 2.16 bits per heavy atom. The number of nitrogens with zero attached hydrogens (tertiary/aromatic N) is 1. The Balaban J connectivity index is 1.98. The molecular formula is C15H22N2OS. The van der Waals surface area contributed by atoms with E-state index in [4.69, 9.17) is 4.74 Å². The van der Waals surface area contributed by atoms with Gasteiger partial charge in [-0.1, -0.05) is 26.0 Å². The van der Waals surface area contributed by atoms with E-state index in [1.165, 1.54) is 9.71 Å². The SMILES string of the molecule is CCCOCC(Cc1nc2ccccc2s1)NCC. The molecule has 0 saturated heterocycles. The number of rotatable bonds is 8. The van der Waals surface area contributed by atoms with Gasteiger partial charge in [-0.05, 0) is 25.1 Å². The van der Waals surface area contributed by atoms with E-state index in [1.807, 2.05) is 6.07 Å². The smallest absolute Gasteiger partial charge is 0.0955 e. The number of benzene rings is 1. The monoisotopic (exact) mass is 278 g/mol. The quantitative estimate of drug-likeness (QED) is 0.753. The van der Waals surface area contributed by atoms with Crippen molar-refractivity contribution in [3.05, 3.63) is 29.3 Å². The molecule has 1 aromatic carbocycles. The summed E-state index contributed by atoms with van der Waals surface area (Å²) in [5.74, 6) is 0. The van der Waals surface area contributed by atoms with Crippen LogP contribution in [-0.2, 0) is 11.2 Å². The van der Waals surface area contributed by atoms with Gasteiger partial charge in [-0.2, -0.15) is 0 Å². The Morgan fingerprint density at radius 3 is 2.89 bits per heavy atom. The Bertz CT molecular complexity index is 465. The molecule has 0 fully saturated rings. The Morgan fingerprint density at radius 1 is 1.32 bits per heavy atom. The molecule has 2 rings (SSSR count). The summed E-state index contributed by atoms with van der Waals surface area (Å²) in [5.41, 5.74) is 1.10. The molecule has 0 aliphatic heterocycles. The first-order valence-electron chi connectivity index (χ1n) is 6.99. The normalized spacial score (nSPS) is 12.9. The molecular weight excluding hydrogens is 256 g/mol. The van der Waals surface area contributed by atoms with Crippen LogP contribution in [-0.4, -0.2) is 30.8 Å². The number of thiazole rings is 1. The highest BCUT2D eigenvalue weighted by molar-refractivity contribution is 7.18. The predicted molar refractivity (Wildman–Crippen MR) is 81.9 cm³/mol. The molecule has 0 aliphatic carbocycles. The van der Waals surface area contributed by atoms with Crippen molar-refractivity contribution in [1.82, 2.24) is 10.3 Å². The van der Waals surface area contributed by atoms with E-state index in [0.717, 1.165) is 38.1 Å². The van der Waals surface area contributed by atoms with Crippen molar-refractivity contribution >= 4 is 21.6 Å². The summed E-state index contributed by atoms with van der Waals surface area (Å²) in [5, 5.41) is 4.66. The number of nitrogens with one attached hydrogen (secondary N) is 1. The third kappa shape index (κ3) is 4.27. The fourth-order valence-electron chi connectivity index (χ4n) is 2.07. The van der Waals surface area contributed by atoms with Gasteiger partial charge in [0.15, 0.2) is 0 Å². The fraction of sp³-hybridized carbons (Fsp3) is 0.533. The minimum absolute atomic E-state index is 0.358. The van der Waals surface area contributed by atoms with Gasteiger partial charge < -0.3 is 10.1 Å². The van der Waals surface area contributed by atoms with Crippen LogP contribution in [0.4, 0.5) is 0 Å². The van der Waals surface area contributed by atoms with E-state index >= 15 is 0 Å². The summed E-state index contributed by atoms with van der Waals surface area (Å²) in [7, 11) is 0. The molecule has 1 heterocycles. The standard InChI is InChI=1S/C15H22N2OS/c1-3-9-18-11-12(16-4-2)10-15-17-13-7-5-6-8-14(13)19-15/h5-8,12,16H,3-4,9-11H2,1-2H3. The highest BCUT2D eigenvalue weighted by atomic mass is 32.1. The van der Waals surface area contributed by atoms with Gasteiger partial charge in [-0.25, -0.2) is 4.98 Å². The van der Waals surface area contributed by atoms with Gasteiger partial charge in [0.25, 0.3) is 0 Å². The van der Waals surface area contributed by atoms with Crippen LogP contribution < -0.4 is 5.32 Å². The summed E-state index contributed by atoms with van der Waals surface area (Å²) in [6.45, 7) is 6.82. The zero-order valence-electron chi connectivity index (χ0n) is 11.7. The topological polar surface area (TPSA) is 34.1 Å². The van der Waals surface area contributed by atoms with Crippen molar-refractivity contribution in [2.75, 3.05) is 19.8 Å². The molecule has 1 N–H and O–H groups in total. The minimum Gasteiger partial charge on any atom is -0.380 e. The van der Waals surface area contributed by atoms with E-state index in [2.05, 4.69) is 42.3 Å². The molecule has 104 valence electrons. The van der Waals surface area contributed by atoms with Gasteiger partial charge in [-0.15, -0.1) is 11.3 Å². The van der Waals surface area contributed by atoms with Gasteiger partial charge in [0.1, 0.15) is 0 Å². The Kier molecular flexibility index (Phi) is 5.76. The predicted octanol–water partition coefficient (Wildman–Crippen LogP) is 3.24. The molecule has 0 saturated carbocycles. The number of hydrogen-bond donors (Lipinski definition) is 1. The molecule has 0 bridgehead atoms. The van der Waals surface area contributed by atoms with E-state index in [1.54, 1.807) is 11.3 Å². The van der Waals surface area contributed by atoms with Gasteiger partial charge in [0.2, 0.25) is 0 Å². The largest absolute Gasteiger partial charge is 0.380 e.